The number of pyridine rings is 1. The fourth-order valence-corrected chi connectivity index (χ4v) is 2.42. The van der Waals surface area contributed by atoms with E-state index < -0.39 is 5.60 Å². The molecule has 2 heterocycles. The van der Waals surface area contributed by atoms with E-state index in [2.05, 4.69) is 10.3 Å². The Balaban J connectivity index is 1.84. The van der Waals surface area contributed by atoms with Crippen LogP contribution >= 0.6 is 0 Å². The number of nitrogens with one attached hydrogen (secondary N) is 1. The SMILES string of the molecule is CC1(C)CC(=O)c2cc(NC(=O)c3ccccn3)ccc2O1. The minimum Gasteiger partial charge on any atom is -0.487 e. The number of benzene rings is 1. The Kier molecular flexibility index (Phi) is 3.41. The van der Waals surface area contributed by atoms with E-state index in [0.717, 1.165) is 0 Å². The van der Waals surface area contributed by atoms with Crippen LogP contribution in [0.5, 0.6) is 5.75 Å². The van der Waals surface area contributed by atoms with Crippen LogP contribution in [0.3, 0.4) is 0 Å². The summed E-state index contributed by atoms with van der Waals surface area (Å²) in [5.41, 5.74) is 0.871. The Hall–Kier alpha value is -2.69. The topological polar surface area (TPSA) is 68.3 Å². The van der Waals surface area contributed by atoms with Gasteiger partial charge in [-0.15, -0.1) is 0 Å². The molecular weight excluding hydrogens is 280 g/mol. The second-order valence-corrected chi connectivity index (χ2v) is 5.84. The van der Waals surface area contributed by atoms with Gasteiger partial charge in [-0.3, -0.25) is 14.6 Å². The Morgan fingerprint density at radius 3 is 2.82 bits per heavy atom. The number of hydrogen-bond donors (Lipinski definition) is 1. The molecule has 0 atom stereocenters. The predicted molar refractivity (Wildman–Crippen MR) is 82.3 cm³/mol. The number of ketones is 1. The average Bonchev–Trinajstić information content (AvgIpc) is 2.48. The molecule has 0 aliphatic carbocycles. The van der Waals surface area contributed by atoms with Crippen molar-refractivity contribution in [2.24, 2.45) is 0 Å². The number of aromatic nitrogens is 1. The van der Waals surface area contributed by atoms with Crippen LogP contribution in [0.15, 0.2) is 42.6 Å². The largest absolute Gasteiger partial charge is 0.487 e. The fraction of sp³-hybridized carbons (Fsp3) is 0.235. The molecule has 22 heavy (non-hydrogen) atoms. The Morgan fingerprint density at radius 1 is 1.27 bits per heavy atom. The highest BCUT2D eigenvalue weighted by Crippen LogP contribution is 2.34. The number of nitrogens with zero attached hydrogens (tertiary/aromatic N) is 1. The van der Waals surface area contributed by atoms with Gasteiger partial charge in [-0.1, -0.05) is 6.07 Å². The lowest BCUT2D eigenvalue weighted by Gasteiger charge is -2.31. The molecular formula is C17H16N2O3. The van der Waals surface area contributed by atoms with Crippen molar-refractivity contribution in [3.8, 4) is 5.75 Å². The van der Waals surface area contributed by atoms with Gasteiger partial charge in [-0.2, -0.15) is 0 Å². The predicted octanol–water partition coefficient (Wildman–Crippen LogP) is 3.08. The van der Waals surface area contributed by atoms with Gasteiger partial charge >= 0.3 is 0 Å². The van der Waals surface area contributed by atoms with Gasteiger partial charge in [0.05, 0.1) is 12.0 Å². The highest BCUT2D eigenvalue weighted by molar-refractivity contribution is 6.05. The minimum absolute atomic E-state index is 0.0141. The van der Waals surface area contributed by atoms with Crippen molar-refractivity contribution in [1.29, 1.82) is 0 Å². The van der Waals surface area contributed by atoms with Crippen molar-refractivity contribution in [2.45, 2.75) is 25.9 Å². The van der Waals surface area contributed by atoms with E-state index in [1.54, 1.807) is 42.6 Å². The monoisotopic (exact) mass is 296 g/mol. The Labute approximate surface area is 128 Å². The van der Waals surface area contributed by atoms with E-state index in [1.807, 2.05) is 13.8 Å². The van der Waals surface area contributed by atoms with Gasteiger partial charge in [0.15, 0.2) is 5.78 Å². The molecule has 0 bridgehead atoms. The average molecular weight is 296 g/mol. The molecule has 112 valence electrons. The molecule has 1 amide bonds. The summed E-state index contributed by atoms with van der Waals surface area (Å²) in [5.74, 6) is 0.252. The second-order valence-electron chi connectivity index (χ2n) is 5.84. The van der Waals surface area contributed by atoms with Crippen LogP contribution in [-0.4, -0.2) is 22.3 Å². The van der Waals surface area contributed by atoms with Crippen molar-refractivity contribution >= 4 is 17.4 Å². The lowest BCUT2D eigenvalue weighted by atomic mass is 9.93. The number of carbonyl (C=O) groups excluding carboxylic acids is 2. The van der Waals surface area contributed by atoms with Crippen molar-refractivity contribution < 1.29 is 14.3 Å². The summed E-state index contributed by atoms with van der Waals surface area (Å²) in [6.07, 6.45) is 1.87. The first kappa shape index (κ1) is 14.3. The number of anilines is 1. The summed E-state index contributed by atoms with van der Waals surface area (Å²) < 4.78 is 5.79. The van der Waals surface area contributed by atoms with E-state index in [0.29, 0.717) is 29.1 Å². The standard InChI is InChI=1S/C17H16N2O3/c1-17(2)10-14(20)12-9-11(6-7-15(12)22-17)19-16(21)13-5-3-4-8-18-13/h3-9H,10H2,1-2H3,(H,19,21). The zero-order chi connectivity index (χ0) is 15.7. The second kappa shape index (κ2) is 5.26. The normalized spacial score (nSPS) is 15.6. The zero-order valence-electron chi connectivity index (χ0n) is 12.4. The van der Waals surface area contributed by atoms with Gasteiger partial charge in [0.2, 0.25) is 0 Å². The summed E-state index contributed by atoms with van der Waals surface area (Å²) in [6.45, 7) is 3.76. The van der Waals surface area contributed by atoms with Crippen LogP contribution in [0.4, 0.5) is 5.69 Å². The molecule has 0 saturated heterocycles. The van der Waals surface area contributed by atoms with Gasteiger partial charge in [-0.25, -0.2) is 0 Å². The number of hydrogen-bond acceptors (Lipinski definition) is 4. The van der Waals surface area contributed by atoms with Crippen LogP contribution in [0, 0.1) is 0 Å². The third-order valence-electron chi connectivity index (χ3n) is 3.41. The number of ether oxygens (including phenoxy) is 1. The van der Waals surface area contributed by atoms with E-state index >= 15 is 0 Å². The molecule has 3 rings (SSSR count). The fourth-order valence-electron chi connectivity index (χ4n) is 2.42. The number of Topliss-reactive ketones (excluding diaryl/α,β-unsaturated/α-hetero) is 1. The molecule has 0 radical (unpaired) electrons. The van der Waals surface area contributed by atoms with Crippen LogP contribution in [0.1, 0.15) is 41.1 Å². The lowest BCUT2D eigenvalue weighted by molar-refractivity contribution is 0.0620. The van der Waals surface area contributed by atoms with Crippen LogP contribution in [-0.2, 0) is 0 Å². The maximum absolute atomic E-state index is 12.2. The molecule has 0 fully saturated rings. The third kappa shape index (κ3) is 2.83. The maximum Gasteiger partial charge on any atom is 0.274 e. The van der Waals surface area contributed by atoms with Gasteiger partial charge < -0.3 is 10.1 Å². The molecule has 0 spiro atoms. The summed E-state index contributed by atoms with van der Waals surface area (Å²) in [4.78, 5) is 28.3. The summed E-state index contributed by atoms with van der Waals surface area (Å²) in [7, 11) is 0. The minimum atomic E-state index is -0.497. The molecule has 1 N–H and O–H groups in total. The van der Waals surface area contributed by atoms with Gasteiger partial charge in [0.1, 0.15) is 17.0 Å². The summed E-state index contributed by atoms with van der Waals surface area (Å²) in [6, 6.07) is 10.2. The van der Waals surface area contributed by atoms with E-state index in [1.165, 1.54) is 0 Å². The smallest absolute Gasteiger partial charge is 0.274 e. The van der Waals surface area contributed by atoms with Crippen molar-refractivity contribution in [1.82, 2.24) is 4.98 Å². The number of fused-ring (bicyclic) bond motifs is 1. The Morgan fingerprint density at radius 2 is 2.09 bits per heavy atom. The number of amides is 1. The van der Waals surface area contributed by atoms with Crippen molar-refractivity contribution in [3.05, 3.63) is 53.9 Å². The van der Waals surface area contributed by atoms with Gasteiger partial charge in [0, 0.05) is 11.9 Å². The van der Waals surface area contributed by atoms with E-state index in [4.69, 9.17) is 4.74 Å². The Bertz CT molecular complexity index is 739. The van der Waals surface area contributed by atoms with Crippen molar-refractivity contribution in [2.75, 3.05) is 5.32 Å². The molecule has 0 saturated carbocycles. The highest BCUT2D eigenvalue weighted by atomic mass is 16.5. The molecule has 1 aliphatic heterocycles. The van der Waals surface area contributed by atoms with Crippen LogP contribution < -0.4 is 10.1 Å². The van der Waals surface area contributed by atoms with Gasteiger partial charge in [0.25, 0.3) is 5.91 Å². The first-order chi connectivity index (χ1) is 10.4. The number of rotatable bonds is 2. The van der Waals surface area contributed by atoms with Crippen LogP contribution in [0.25, 0.3) is 0 Å². The van der Waals surface area contributed by atoms with E-state index in [9.17, 15) is 9.59 Å². The number of carbonyl (C=O) groups is 2. The zero-order valence-corrected chi connectivity index (χ0v) is 12.4. The quantitative estimate of drug-likeness (QED) is 0.924. The molecule has 5 heteroatoms. The molecule has 1 aliphatic rings. The van der Waals surface area contributed by atoms with Crippen molar-refractivity contribution in [3.63, 3.8) is 0 Å². The van der Waals surface area contributed by atoms with Crippen LogP contribution in [0.2, 0.25) is 0 Å². The molecule has 1 aromatic heterocycles. The first-order valence-electron chi connectivity index (χ1n) is 7.03. The summed E-state index contributed by atoms with van der Waals surface area (Å²) >= 11 is 0. The maximum atomic E-state index is 12.2. The summed E-state index contributed by atoms with van der Waals surface area (Å²) in [5, 5.41) is 2.74. The van der Waals surface area contributed by atoms with E-state index in [-0.39, 0.29) is 11.7 Å². The molecule has 0 unspecified atom stereocenters. The highest BCUT2D eigenvalue weighted by Gasteiger charge is 2.32. The first-order valence-corrected chi connectivity index (χ1v) is 7.03. The molecule has 1 aromatic carbocycles. The van der Waals surface area contributed by atoms with Gasteiger partial charge in [-0.05, 0) is 44.2 Å². The molecule has 5 nitrogen and oxygen atoms in total. The third-order valence-corrected chi connectivity index (χ3v) is 3.41. The molecule has 2 aromatic rings. The lowest BCUT2D eigenvalue weighted by Crippen LogP contribution is -2.35.